The second kappa shape index (κ2) is 7.88. The molecule has 2 aromatic rings. The molecule has 0 bridgehead atoms. The van der Waals surface area contributed by atoms with Crippen molar-refractivity contribution in [2.75, 3.05) is 18.8 Å². The van der Waals surface area contributed by atoms with Crippen molar-refractivity contribution in [2.24, 2.45) is 0 Å². The van der Waals surface area contributed by atoms with Gasteiger partial charge in [0.2, 0.25) is 6.10 Å². The summed E-state index contributed by atoms with van der Waals surface area (Å²) in [6, 6.07) is 14.2. The van der Waals surface area contributed by atoms with E-state index in [4.69, 9.17) is 21.1 Å². The van der Waals surface area contributed by atoms with E-state index >= 15 is 0 Å². The van der Waals surface area contributed by atoms with Crippen molar-refractivity contribution in [1.82, 2.24) is 4.90 Å². The summed E-state index contributed by atoms with van der Waals surface area (Å²) >= 11 is 6.24. The summed E-state index contributed by atoms with van der Waals surface area (Å²) in [6.45, 7) is 2.21. The highest BCUT2D eigenvalue weighted by molar-refractivity contribution is 7.91. The number of sulfone groups is 1. The average molecular weight is 436 g/mol. The first-order valence-electron chi connectivity index (χ1n) is 9.54. The Balaban J connectivity index is 1.54. The van der Waals surface area contributed by atoms with Gasteiger partial charge in [-0.2, -0.15) is 0 Å². The van der Waals surface area contributed by atoms with E-state index < -0.39 is 27.3 Å². The Labute approximate surface area is 175 Å². The zero-order valence-corrected chi connectivity index (χ0v) is 17.5. The first-order valence-corrected chi connectivity index (χ1v) is 11.6. The van der Waals surface area contributed by atoms with Gasteiger partial charge in [-0.25, -0.2) is 8.42 Å². The molecule has 2 heterocycles. The number of halogens is 1. The number of nitrogens with zero attached hydrogens (tertiary/aromatic N) is 1. The molecule has 0 aliphatic carbocycles. The minimum Gasteiger partial charge on any atom is -0.482 e. The standard InChI is InChI=1S/C21H22ClNO5S/c1-14-20(28-18-9-5-4-8-17(18)27-14)21(24)23-11-10-19(29(25,26)13-12-23)15-6-2-3-7-16(15)22/h2-9,14,19-20H,10-13H2,1H3/t14-,19-,20-/m0/s1. The third kappa shape index (κ3) is 3.94. The quantitative estimate of drug-likeness (QED) is 0.724. The zero-order valence-electron chi connectivity index (χ0n) is 16.0. The molecule has 29 heavy (non-hydrogen) atoms. The molecular weight excluding hydrogens is 414 g/mol. The lowest BCUT2D eigenvalue weighted by Crippen LogP contribution is -2.51. The molecule has 0 unspecified atom stereocenters. The lowest BCUT2D eigenvalue weighted by atomic mass is 10.1. The van der Waals surface area contributed by atoms with Crippen LogP contribution < -0.4 is 9.47 Å². The summed E-state index contributed by atoms with van der Waals surface area (Å²) < 4.78 is 37.5. The van der Waals surface area contributed by atoms with Gasteiger partial charge < -0.3 is 14.4 Å². The fraction of sp³-hybridized carbons (Fsp3) is 0.381. The Morgan fingerprint density at radius 2 is 1.69 bits per heavy atom. The number of rotatable bonds is 2. The molecule has 1 saturated heterocycles. The van der Waals surface area contributed by atoms with Crippen LogP contribution in [0.2, 0.25) is 5.02 Å². The van der Waals surface area contributed by atoms with Crippen LogP contribution in [0.5, 0.6) is 11.5 Å². The maximum atomic E-state index is 13.1. The molecule has 1 amide bonds. The highest BCUT2D eigenvalue weighted by atomic mass is 35.5. The lowest BCUT2D eigenvalue weighted by Gasteiger charge is -2.34. The molecule has 8 heteroatoms. The monoisotopic (exact) mass is 435 g/mol. The van der Waals surface area contributed by atoms with Gasteiger partial charge in [0.15, 0.2) is 21.3 Å². The smallest absolute Gasteiger partial charge is 0.267 e. The van der Waals surface area contributed by atoms with E-state index in [2.05, 4.69) is 0 Å². The minimum absolute atomic E-state index is 0.118. The molecule has 2 aliphatic rings. The predicted octanol–water partition coefficient (Wildman–Crippen LogP) is 3.26. The molecule has 0 spiro atoms. The van der Waals surface area contributed by atoms with E-state index in [0.717, 1.165) is 0 Å². The average Bonchev–Trinajstić information content (AvgIpc) is 2.85. The van der Waals surface area contributed by atoms with Gasteiger partial charge in [-0.05, 0) is 37.1 Å². The highest BCUT2D eigenvalue weighted by Crippen LogP contribution is 2.36. The van der Waals surface area contributed by atoms with E-state index in [1.807, 2.05) is 12.1 Å². The molecule has 154 valence electrons. The number of amides is 1. The summed E-state index contributed by atoms with van der Waals surface area (Å²) in [5, 5.41) is -0.300. The van der Waals surface area contributed by atoms with Gasteiger partial charge in [0.05, 0.1) is 11.0 Å². The van der Waals surface area contributed by atoms with Crippen molar-refractivity contribution in [3.8, 4) is 11.5 Å². The number of fused-ring (bicyclic) bond motifs is 1. The van der Waals surface area contributed by atoms with E-state index in [0.29, 0.717) is 28.6 Å². The van der Waals surface area contributed by atoms with Crippen molar-refractivity contribution in [1.29, 1.82) is 0 Å². The van der Waals surface area contributed by atoms with Gasteiger partial charge in [-0.1, -0.05) is 41.9 Å². The SMILES string of the molecule is C[C@@H]1Oc2ccccc2O[C@@H]1C(=O)N1CC[C@@H](c2ccccc2Cl)S(=O)(=O)CC1. The largest absolute Gasteiger partial charge is 0.482 e. The van der Waals surface area contributed by atoms with Crippen LogP contribution in [-0.4, -0.2) is 50.3 Å². The maximum Gasteiger partial charge on any atom is 0.267 e. The van der Waals surface area contributed by atoms with Gasteiger partial charge in [-0.15, -0.1) is 0 Å². The molecule has 2 aromatic carbocycles. The third-order valence-corrected chi connectivity index (χ3v) is 7.84. The van der Waals surface area contributed by atoms with Crippen LogP contribution in [-0.2, 0) is 14.6 Å². The molecule has 4 rings (SSSR count). The van der Waals surface area contributed by atoms with E-state index in [1.165, 1.54) is 0 Å². The van der Waals surface area contributed by atoms with Crippen molar-refractivity contribution in [2.45, 2.75) is 30.8 Å². The summed E-state index contributed by atoms with van der Waals surface area (Å²) in [6.07, 6.45) is -1.00. The maximum absolute atomic E-state index is 13.1. The Hall–Kier alpha value is -2.25. The predicted molar refractivity (Wildman–Crippen MR) is 110 cm³/mol. The Morgan fingerprint density at radius 1 is 1.03 bits per heavy atom. The van der Waals surface area contributed by atoms with Gasteiger partial charge in [0.1, 0.15) is 6.10 Å². The van der Waals surface area contributed by atoms with Crippen LogP contribution in [0.25, 0.3) is 0 Å². The van der Waals surface area contributed by atoms with Crippen LogP contribution >= 0.6 is 11.6 Å². The summed E-state index contributed by atoms with van der Waals surface area (Å²) in [4.78, 5) is 14.7. The van der Waals surface area contributed by atoms with E-state index in [9.17, 15) is 13.2 Å². The van der Waals surface area contributed by atoms with Gasteiger partial charge in [0.25, 0.3) is 5.91 Å². The molecular formula is C21H22ClNO5S. The Kier molecular flexibility index (Phi) is 5.44. The second-order valence-corrected chi connectivity index (χ2v) is 10.0. The molecule has 3 atom stereocenters. The first-order chi connectivity index (χ1) is 13.9. The van der Waals surface area contributed by atoms with Crippen LogP contribution in [0.1, 0.15) is 24.2 Å². The Morgan fingerprint density at radius 3 is 2.41 bits per heavy atom. The fourth-order valence-electron chi connectivity index (χ4n) is 3.82. The highest BCUT2D eigenvalue weighted by Gasteiger charge is 2.40. The fourth-order valence-corrected chi connectivity index (χ4v) is 5.97. The van der Waals surface area contributed by atoms with E-state index in [1.54, 1.807) is 48.2 Å². The van der Waals surface area contributed by atoms with Crippen LogP contribution in [0.15, 0.2) is 48.5 Å². The molecule has 2 aliphatic heterocycles. The number of para-hydroxylation sites is 2. The van der Waals surface area contributed by atoms with Gasteiger partial charge >= 0.3 is 0 Å². The number of carbonyl (C=O) groups is 1. The van der Waals surface area contributed by atoms with Gasteiger partial charge in [0, 0.05) is 18.1 Å². The first kappa shape index (κ1) is 20.0. The molecule has 0 saturated carbocycles. The van der Waals surface area contributed by atoms with Crippen LogP contribution in [0.3, 0.4) is 0 Å². The number of carbonyl (C=O) groups excluding carboxylic acids is 1. The third-order valence-electron chi connectivity index (χ3n) is 5.39. The van der Waals surface area contributed by atoms with Crippen molar-refractivity contribution < 1.29 is 22.7 Å². The molecule has 1 fully saturated rings. The van der Waals surface area contributed by atoms with Crippen molar-refractivity contribution in [3.05, 3.63) is 59.1 Å². The molecule has 6 nitrogen and oxygen atoms in total. The van der Waals surface area contributed by atoms with Gasteiger partial charge in [-0.3, -0.25) is 4.79 Å². The second-order valence-electron chi connectivity index (χ2n) is 7.30. The molecule has 0 aromatic heterocycles. The number of hydrogen-bond acceptors (Lipinski definition) is 5. The van der Waals surface area contributed by atoms with Crippen molar-refractivity contribution >= 4 is 27.3 Å². The van der Waals surface area contributed by atoms with Crippen molar-refractivity contribution in [3.63, 3.8) is 0 Å². The lowest BCUT2D eigenvalue weighted by molar-refractivity contribution is -0.144. The van der Waals surface area contributed by atoms with Crippen LogP contribution in [0, 0.1) is 0 Å². The Bertz CT molecular complexity index is 1030. The van der Waals surface area contributed by atoms with Crippen LogP contribution in [0.4, 0.5) is 0 Å². The normalized spacial score (nSPS) is 25.9. The zero-order chi connectivity index (χ0) is 20.6. The summed E-state index contributed by atoms with van der Waals surface area (Å²) in [5.74, 6) is 0.733. The summed E-state index contributed by atoms with van der Waals surface area (Å²) in [5.41, 5.74) is 0.586. The summed E-state index contributed by atoms with van der Waals surface area (Å²) in [7, 11) is -3.45. The van der Waals surface area contributed by atoms with E-state index in [-0.39, 0.29) is 24.6 Å². The molecule has 0 N–H and O–H groups in total. The number of hydrogen-bond donors (Lipinski definition) is 0. The number of ether oxygens (including phenoxy) is 2. The molecule has 0 radical (unpaired) electrons. The minimum atomic E-state index is -3.45. The number of benzene rings is 2. The topological polar surface area (TPSA) is 72.9 Å².